The van der Waals surface area contributed by atoms with Gasteiger partial charge in [0, 0.05) is 24.4 Å². The van der Waals surface area contributed by atoms with E-state index in [0.29, 0.717) is 5.92 Å². The van der Waals surface area contributed by atoms with Crippen molar-refractivity contribution in [2.45, 2.75) is 46.1 Å². The van der Waals surface area contributed by atoms with Crippen molar-refractivity contribution in [1.29, 1.82) is 0 Å². The summed E-state index contributed by atoms with van der Waals surface area (Å²) < 4.78 is 0. The Morgan fingerprint density at radius 3 is 2.54 bits per heavy atom. The van der Waals surface area contributed by atoms with E-state index >= 15 is 0 Å². The molecule has 140 valence electrons. The average Bonchev–Trinajstić information content (AvgIpc) is 3.08. The standard InChI is InChI=1S/C21H29N3OS/c1-15(2)13-19(17-7-5-4-6-8-17)23-20(25)18-9-11-24(12-10-18)21-22-16(3)14-26-21/h4-8,14-15,18-19H,9-13H2,1-3H3,(H,23,25). The molecule has 1 aromatic heterocycles. The predicted molar refractivity (Wildman–Crippen MR) is 109 cm³/mol. The van der Waals surface area contributed by atoms with Crippen LogP contribution in [0.25, 0.3) is 0 Å². The van der Waals surface area contributed by atoms with Crippen molar-refractivity contribution in [2.24, 2.45) is 11.8 Å². The normalized spacial score (nSPS) is 16.7. The van der Waals surface area contributed by atoms with Crippen LogP contribution in [-0.2, 0) is 4.79 Å². The molecular formula is C21H29N3OS. The lowest BCUT2D eigenvalue weighted by Crippen LogP contribution is -2.41. The van der Waals surface area contributed by atoms with Gasteiger partial charge in [-0.1, -0.05) is 44.2 Å². The fourth-order valence-electron chi connectivity index (χ4n) is 3.54. The van der Waals surface area contributed by atoms with Gasteiger partial charge in [-0.05, 0) is 37.7 Å². The minimum absolute atomic E-state index is 0.100. The number of thiazole rings is 1. The maximum absolute atomic E-state index is 12.9. The molecule has 1 saturated heterocycles. The Morgan fingerprint density at radius 2 is 1.96 bits per heavy atom. The molecule has 1 N–H and O–H groups in total. The molecular weight excluding hydrogens is 342 g/mol. The van der Waals surface area contributed by atoms with Gasteiger partial charge in [-0.2, -0.15) is 0 Å². The fourth-order valence-corrected chi connectivity index (χ4v) is 4.40. The minimum atomic E-state index is 0.100. The number of anilines is 1. The van der Waals surface area contributed by atoms with Crippen molar-refractivity contribution < 1.29 is 4.79 Å². The lowest BCUT2D eigenvalue weighted by molar-refractivity contribution is -0.126. The molecule has 2 aromatic rings. The summed E-state index contributed by atoms with van der Waals surface area (Å²) in [5.74, 6) is 0.843. The lowest BCUT2D eigenvalue weighted by atomic mass is 9.93. The molecule has 0 aliphatic carbocycles. The van der Waals surface area contributed by atoms with E-state index in [1.165, 1.54) is 5.56 Å². The Kier molecular flexibility index (Phi) is 6.30. The summed E-state index contributed by atoms with van der Waals surface area (Å²) in [4.78, 5) is 19.7. The molecule has 1 atom stereocenters. The summed E-state index contributed by atoms with van der Waals surface area (Å²) in [6.07, 6.45) is 2.76. The maximum atomic E-state index is 12.9. The first-order valence-electron chi connectivity index (χ1n) is 9.55. The van der Waals surface area contributed by atoms with E-state index in [2.05, 4.69) is 46.6 Å². The quantitative estimate of drug-likeness (QED) is 0.809. The molecule has 5 heteroatoms. The number of carbonyl (C=O) groups excluding carboxylic acids is 1. The predicted octanol–water partition coefficient (Wildman–Crippen LogP) is 4.57. The summed E-state index contributed by atoms with van der Waals surface area (Å²) in [5.41, 5.74) is 2.27. The Balaban J connectivity index is 1.58. The first kappa shape index (κ1) is 18.9. The molecule has 1 aliphatic heterocycles. The molecule has 4 nitrogen and oxygen atoms in total. The van der Waals surface area contributed by atoms with Crippen molar-refractivity contribution in [2.75, 3.05) is 18.0 Å². The number of hydrogen-bond donors (Lipinski definition) is 1. The highest BCUT2D eigenvalue weighted by Gasteiger charge is 2.28. The van der Waals surface area contributed by atoms with Gasteiger partial charge in [-0.15, -0.1) is 11.3 Å². The van der Waals surface area contributed by atoms with Crippen LogP contribution in [0, 0.1) is 18.8 Å². The minimum Gasteiger partial charge on any atom is -0.349 e. The van der Waals surface area contributed by atoms with Crippen LogP contribution in [0.1, 0.15) is 50.4 Å². The van der Waals surface area contributed by atoms with Crippen LogP contribution >= 0.6 is 11.3 Å². The molecule has 1 aliphatic rings. The monoisotopic (exact) mass is 371 g/mol. The smallest absolute Gasteiger partial charge is 0.223 e. The zero-order valence-corrected chi connectivity index (χ0v) is 16.8. The van der Waals surface area contributed by atoms with Crippen LogP contribution in [0.3, 0.4) is 0 Å². The number of hydrogen-bond acceptors (Lipinski definition) is 4. The SMILES string of the molecule is Cc1csc(N2CCC(C(=O)NC(CC(C)C)c3ccccc3)CC2)n1. The molecule has 0 saturated carbocycles. The summed E-state index contributed by atoms with van der Waals surface area (Å²) in [5, 5.41) is 6.50. The van der Waals surface area contributed by atoms with Gasteiger partial charge in [0.05, 0.1) is 11.7 Å². The van der Waals surface area contributed by atoms with Crippen molar-refractivity contribution >= 4 is 22.4 Å². The van der Waals surface area contributed by atoms with Gasteiger partial charge in [-0.3, -0.25) is 4.79 Å². The van der Waals surface area contributed by atoms with Crippen LogP contribution in [-0.4, -0.2) is 24.0 Å². The van der Waals surface area contributed by atoms with Gasteiger partial charge in [0.15, 0.2) is 5.13 Å². The number of carbonyl (C=O) groups is 1. The second-order valence-electron chi connectivity index (χ2n) is 7.63. The van der Waals surface area contributed by atoms with Gasteiger partial charge in [-0.25, -0.2) is 4.98 Å². The van der Waals surface area contributed by atoms with Crippen molar-refractivity contribution in [3.63, 3.8) is 0 Å². The zero-order valence-electron chi connectivity index (χ0n) is 15.9. The summed E-state index contributed by atoms with van der Waals surface area (Å²) >= 11 is 1.69. The average molecular weight is 372 g/mol. The van der Waals surface area contributed by atoms with E-state index in [9.17, 15) is 4.79 Å². The highest BCUT2D eigenvalue weighted by atomic mass is 32.1. The summed E-state index contributed by atoms with van der Waals surface area (Å²) in [6, 6.07) is 10.4. The van der Waals surface area contributed by atoms with Gasteiger partial charge >= 0.3 is 0 Å². The highest BCUT2D eigenvalue weighted by Crippen LogP contribution is 2.27. The molecule has 0 bridgehead atoms. The number of amides is 1. The highest BCUT2D eigenvalue weighted by molar-refractivity contribution is 7.13. The largest absolute Gasteiger partial charge is 0.349 e. The first-order valence-corrected chi connectivity index (χ1v) is 10.4. The van der Waals surface area contributed by atoms with E-state index in [1.807, 2.05) is 25.1 Å². The second kappa shape index (κ2) is 8.67. The van der Waals surface area contributed by atoms with Crippen molar-refractivity contribution in [3.8, 4) is 0 Å². The lowest BCUT2D eigenvalue weighted by Gasteiger charge is -2.32. The van der Waals surface area contributed by atoms with E-state index in [4.69, 9.17) is 0 Å². The molecule has 1 amide bonds. The third kappa shape index (κ3) is 4.85. The number of aromatic nitrogens is 1. The Hall–Kier alpha value is -1.88. The number of piperidine rings is 1. The second-order valence-corrected chi connectivity index (χ2v) is 8.47. The molecule has 2 heterocycles. The van der Waals surface area contributed by atoms with Gasteiger partial charge in [0.1, 0.15) is 0 Å². The topological polar surface area (TPSA) is 45.2 Å². The van der Waals surface area contributed by atoms with Crippen LogP contribution < -0.4 is 10.2 Å². The number of benzene rings is 1. The van der Waals surface area contributed by atoms with Crippen LogP contribution in [0.5, 0.6) is 0 Å². The van der Waals surface area contributed by atoms with Gasteiger partial charge in [0.25, 0.3) is 0 Å². The van der Waals surface area contributed by atoms with Crippen LogP contribution in [0.4, 0.5) is 5.13 Å². The molecule has 26 heavy (non-hydrogen) atoms. The third-order valence-corrected chi connectivity index (χ3v) is 5.99. The molecule has 1 aromatic carbocycles. The number of nitrogens with zero attached hydrogens (tertiary/aromatic N) is 2. The molecule has 1 fully saturated rings. The van der Waals surface area contributed by atoms with Crippen molar-refractivity contribution in [1.82, 2.24) is 10.3 Å². The first-order chi connectivity index (χ1) is 12.5. The van der Waals surface area contributed by atoms with Gasteiger partial charge < -0.3 is 10.2 Å². The van der Waals surface area contributed by atoms with E-state index in [1.54, 1.807) is 11.3 Å². The molecule has 3 rings (SSSR count). The Bertz CT molecular complexity index is 705. The van der Waals surface area contributed by atoms with E-state index in [-0.39, 0.29) is 17.9 Å². The fraction of sp³-hybridized carbons (Fsp3) is 0.524. The Labute approximate surface area is 160 Å². The van der Waals surface area contributed by atoms with Crippen LogP contribution in [0.2, 0.25) is 0 Å². The number of rotatable bonds is 6. The zero-order chi connectivity index (χ0) is 18.5. The third-order valence-electron chi connectivity index (χ3n) is 4.97. The van der Waals surface area contributed by atoms with Gasteiger partial charge in [0.2, 0.25) is 5.91 Å². The molecule has 1 unspecified atom stereocenters. The van der Waals surface area contributed by atoms with E-state index in [0.717, 1.165) is 43.2 Å². The van der Waals surface area contributed by atoms with Crippen molar-refractivity contribution in [3.05, 3.63) is 47.0 Å². The maximum Gasteiger partial charge on any atom is 0.223 e. The summed E-state index contributed by atoms with van der Waals surface area (Å²) in [7, 11) is 0. The Morgan fingerprint density at radius 1 is 1.27 bits per heavy atom. The molecule has 0 radical (unpaired) electrons. The van der Waals surface area contributed by atoms with E-state index < -0.39 is 0 Å². The molecule has 0 spiro atoms. The summed E-state index contributed by atoms with van der Waals surface area (Å²) in [6.45, 7) is 8.25. The number of aryl methyl sites for hydroxylation is 1. The van der Waals surface area contributed by atoms with Crippen LogP contribution in [0.15, 0.2) is 35.7 Å². The number of nitrogens with one attached hydrogen (secondary N) is 1.